The van der Waals surface area contributed by atoms with Gasteiger partial charge in [-0.3, -0.25) is 9.69 Å². The highest BCUT2D eigenvalue weighted by molar-refractivity contribution is 5.89. The number of amides is 1. The van der Waals surface area contributed by atoms with E-state index in [1.54, 1.807) is 30.3 Å². The Hall–Kier alpha value is -3.02. The zero-order valence-electron chi connectivity index (χ0n) is 21.0. The van der Waals surface area contributed by atoms with Crippen LogP contribution in [-0.4, -0.2) is 66.2 Å². The van der Waals surface area contributed by atoms with E-state index >= 15 is 0 Å². The highest BCUT2D eigenvalue weighted by Crippen LogP contribution is 2.47. The molecule has 212 valence electrons. The van der Waals surface area contributed by atoms with Crippen LogP contribution in [0.15, 0.2) is 48.5 Å². The summed E-state index contributed by atoms with van der Waals surface area (Å²) in [4.78, 5) is 27.2. The molecule has 3 fully saturated rings. The maximum absolute atomic E-state index is 13.9. The normalized spacial score (nSPS) is 21.9. The number of carbonyl (C=O) groups excluding carboxylic acids is 1. The number of hydrogen-bond donors (Lipinski definition) is 2. The van der Waals surface area contributed by atoms with Crippen LogP contribution in [-0.2, 0) is 15.1 Å². The minimum atomic E-state index is -4.79. The van der Waals surface area contributed by atoms with Gasteiger partial charge in [-0.2, -0.15) is 0 Å². The van der Waals surface area contributed by atoms with Crippen LogP contribution in [0.3, 0.4) is 0 Å². The van der Waals surface area contributed by atoms with Gasteiger partial charge < -0.3 is 24.6 Å². The number of rotatable bonds is 8. The van der Waals surface area contributed by atoms with Crippen LogP contribution in [0.5, 0.6) is 11.5 Å². The molecule has 3 aliphatic rings. The molecule has 2 aliphatic heterocycles. The van der Waals surface area contributed by atoms with E-state index in [9.17, 15) is 27.9 Å². The molecule has 8 nitrogen and oxygen atoms in total. The van der Waals surface area contributed by atoms with E-state index in [2.05, 4.69) is 15.0 Å². The zero-order chi connectivity index (χ0) is 27.0. The van der Waals surface area contributed by atoms with Crippen LogP contribution in [0.25, 0.3) is 0 Å². The van der Waals surface area contributed by atoms with Crippen molar-refractivity contribution in [3.05, 3.63) is 59.7 Å². The fourth-order valence-electron chi connectivity index (χ4n) is 5.42. The average molecular weight is 571 g/mol. The number of benzene rings is 2. The Balaban J connectivity index is 0.00000353. The van der Waals surface area contributed by atoms with Gasteiger partial charge in [-0.1, -0.05) is 18.2 Å². The van der Waals surface area contributed by atoms with Crippen LogP contribution in [0.4, 0.5) is 13.2 Å². The van der Waals surface area contributed by atoms with E-state index < -0.39 is 23.4 Å². The van der Waals surface area contributed by atoms with Gasteiger partial charge >= 0.3 is 12.3 Å². The van der Waals surface area contributed by atoms with Crippen LogP contribution in [0, 0.1) is 0 Å². The molecule has 1 amide bonds. The monoisotopic (exact) mass is 570 g/mol. The first-order chi connectivity index (χ1) is 18.1. The number of ether oxygens (including phenoxy) is 3. The van der Waals surface area contributed by atoms with E-state index in [4.69, 9.17) is 9.47 Å². The van der Waals surface area contributed by atoms with Gasteiger partial charge in [-0.05, 0) is 61.9 Å². The van der Waals surface area contributed by atoms with Gasteiger partial charge in [0.05, 0.1) is 11.1 Å². The largest absolute Gasteiger partial charge is 0.573 e. The summed E-state index contributed by atoms with van der Waals surface area (Å²) in [7, 11) is 0. The summed E-state index contributed by atoms with van der Waals surface area (Å²) in [5.74, 6) is -1.18. The molecule has 0 aromatic heterocycles. The fraction of sp³-hybridized carbons (Fsp3) is 0.481. The van der Waals surface area contributed by atoms with E-state index in [1.807, 2.05) is 0 Å². The topological polar surface area (TPSA) is 97.3 Å². The number of nitrogens with one attached hydrogen (secondary N) is 1. The highest BCUT2D eigenvalue weighted by atomic mass is 35.5. The van der Waals surface area contributed by atoms with Crippen LogP contribution < -0.4 is 14.8 Å². The molecule has 0 radical (unpaired) electrons. The van der Waals surface area contributed by atoms with E-state index in [1.165, 1.54) is 18.2 Å². The van der Waals surface area contributed by atoms with Crippen molar-refractivity contribution in [3.8, 4) is 11.5 Å². The summed E-state index contributed by atoms with van der Waals surface area (Å²) in [5.41, 5.74) is -0.251. The lowest BCUT2D eigenvalue weighted by Crippen LogP contribution is -2.62. The Bertz CT molecular complexity index is 1180. The quantitative estimate of drug-likeness (QED) is 0.482. The Labute approximate surface area is 229 Å². The van der Waals surface area contributed by atoms with Crippen molar-refractivity contribution in [1.82, 2.24) is 10.2 Å². The molecule has 2 N–H and O–H groups in total. The first-order valence-electron chi connectivity index (χ1n) is 12.6. The van der Waals surface area contributed by atoms with Crippen LogP contribution >= 0.6 is 12.4 Å². The molecule has 2 aromatic carbocycles. The van der Waals surface area contributed by atoms with E-state index in [-0.39, 0.29) is 41.5 Å². The molecule has 2 saturated heterocycles. The second-order valence-corrected chi connectivity index (χ2v) is 10.1. The minimum absolute atomic E-state index is 0. The number of likely N-dealkylation sites (tertiary alicyclic amines) is 1. The first kappa shape index (κ1) is 29.0. The second-order valence-electron chi connectivity index (χ2n) is 10.1. The van der Waals surface area contributed by atoms with Gasteiger partial charge in [0.25, 0.3) is 0 Å². The molecule has 12 heteroatoms. The van der Waals surface area contributed by atoms with Crippen molar-refractivity contribution in [3.63, 3.8) is 0 Å². The zero-order valence-corrected chi connectivity index (χ0v) is 21.9. The summed E-state index contributed by atoms with van der Waals surface area (Å²) >= 11 is 0. The smallest absolute Gasteiger partial charge is 0.489 e. The van der Waals surface area contributed by atoms with Crippen molar-refractivity contribution in [2.75, 3.05) is 26.3 Å². The third kappa shape index (κ3) is 6.42. The maximum Gasteiger partial charge on any atom is 0.573 e. The van der Waals surface area contributed by atoms with Crippen molar-refractivity contribution >= 4 is 24.3 Å². The molecule has 1 atom stereocenters. The SMILES string of the molecule is Cl.O=C(O)c1ccc(C2(NC(=O)C3(N4CC[C@@H](Oc5cccc(OC(F)(F)F)c5)C4)CCOCC3)CC2)cc1. The van der Waals surface area contributed by atoms with E-state index in [0.717, 1.165) is 18.4 Å². The molecular formula is C27H30ClF3N2O6. The Morgan fingerprint density at radius 1 is 1.03 bits per heavy atom. The Morgan fingerprint density at radius 3 is 2.31 bits per heavy atom. The van der Waals surface area contributed by atoms with Gasteiger partial charge in [0.2, 0.25) is 5.91 Å². The lowest BCUT2D eigenvalue weighted by Gasteiger charge is -2.43. The van der Waals surface area contributed by atoms with Gasteiger partial charge in [-0.15, -0.1) is 25.6 Å². The highest BCUT2D eigenvalue weighted by Gasteiger charge is 2.53. The third-order valence-electron chi connectivity index (χ3n) is 7.62. The summed E-state index contributed by atoms with van der Waals surface area (Å²) in [5, 5.41) is 12.5. The number of hydrogen-bond acceptors (Lipinski definition) is 6. The molecule has 0 unspecified atom stereocenters. The second kappa shape index (κ2) is 11.2. The Morgan fingerprint density at radius 2 is 1.69 bits per heavy atom. The van der Waals surface area contributed by atoms with Crippen molar-refractivity contribution in [2.45, 2.75) is 55.6 Å². The number of halogens is 4. The van der Waals surface area contributed by atoms with Crippen LogP contribution in [0.1, 0.15) is 48.0 Å². The molecule has 5 rings (SSSR count). The number of carboxylic acids is 1. The lowest BCUT2D eigenvalue weighted by molar-refractivity contribution is -0.274. The number of alkyl halides is 3. The van der Waals surface area contributed by atoms with Crippen molar-refractivity contribution < 1.29 is 42.1 Å². The Kier molecular flexibility index (Phi) is 8.34. The van der Waals surface area contributed by atoms with Gasteiger partial charge in [0, 0.05) is 32.4 Å². The van der Waals surface area contributed by atoms with Crippen molar-refractivity contribution in [1.29, 1.82) is 0 Å². The maximum atomic E-state index is 13.9. The number of aromatic carboxylic acids is 1. The summed E-state index contributed by atoms with van der Waals surface area (Å²) in [6, 6.07) is 12.0. The molecule has 1 saturated carbocycles. The fourth-order valence-corrected chi connectivity index (χ4v) is 5.42. The molecule has 1 aliphatic carbocycles. The number of nitrogens with zero attached hydrogens (tertiary/aromatic N) is 1. The summed E-state index contributed by atoms with van der Waals surface area (Å²) < 4.78 is 53.3. The van der Waals surface area contributed by atoms with Gasteiger partial charge in [0.1, 0.15) is 23.1 Å². The summed E-state index contributed by atoms with van der Waals surface area (Å²) in [6.07, 6.45) is -1.94. The van der Waals surface area contributed by atoms with E-state index in [0.29, 0.717) is 45.6 Å². The molecular weight excluding hydrogens is 541 g/mol. The molecule has 2 heterocycles. The van der Waals surface area contributed by atoms with Crippen LogP contribution in [0.2, 0.25) is 0 Å². The molecule has 0 bridgehead atoms. The first-order valence-corrected chi connectivity index (χ1v) is 12.6. The standard InChI is InChI=1S/C27H29F3N2O6.ClH/c28-27(29,30)38-21-3-1-2-20(16-21)37-22-8-13-32(17-22)26(11-14-36-15-12-26)24(35)31-25(9-10-25)19-6-4-18(5-7-19)23(33)34;/h1-7,16,22H,8-15,17H2,(H,31,35)(H,33,34);1H/t22-;/m1./s1. The predicted octanol–water partition coefficient (Wildman–Crippen LogP) is 4.51. The molecule has 0 spiro atoms. The molecule has 39 heavy (non-hydrogen) atoms. The number of carbonyl (C=O) groups is 2. The lowest BCUT2D eigenvalue weighted by atomic mass is 9.86. The number of carboxylic acid groups (broad SMARTS) is 1. The summed E-state index contributed by atoms with van der Waals surface area (Å²) in [6.45, 7) is 1.91. The minimum Gasteiger partial charge on any atom is -0.489 e. The average Bonchev–Trinajstić information content (AvgIpc) is 3.51. The van der Waals surface area contributed by atoms with Gasteiger partial charge in [0.15, 0.2) is 0 Å². The van der Waals surface area contributed by atoms with Crippen molar-refractivity contribution in [2.24, 2.45) is 0 Å². The molecule has 2 aromatic rings. The van der Waals surface area contributed by atoms with Gasteiger partial charge in [-0.25, -0.2) is 4.79 Å². The third-order valence-corrected chi connectivity index (χ3v) is 7.62. The predicted molar refractivity (Wildman–Crippen MR) is 136 cm³/mol.